The van der Waals surface area contributed by atoms with Crippen LogP contribution in [0.2, 0.25) is 0 Å². The molecule has 1 rings (SSSR count). The van der Waals surface area contributed by atoms with Crippen LogP contribution in [0.15, 0.2) is 61.1 Å². The van der Waals surface area contributed by atoms with E-state index in [2.05, 4.69) is 18.0 Å². The molecule has 1 aromatic rings. The van der Waals surface area contributed by atoms with Gasteiger partial charge in [0.2, 0.25) is 0 Å². The molecule has 94 valence electrons. The van der Waals surface area contributed by atoms with E-state index in [0.717, 1.165) is 0 Å². The van der Waals surface area contributed by atoms with Crippen molar-refractivity contribution in [2.24, 2.45) is 0 Å². The third-order valence-electron chi connectivity index (χ3n) is 1.99. The molecule has 0 aromatic heterocycles. The van der Waals surface area contributed by atoms with E-state index < -0.39 is 0 Å². The van der Waals surface area contributed by atoms with Crippen LogP contribution in [0.4, 0.5) is 5.69 Å². The van der Waals surface area contributed by atoms with Gasteiger partial charge in [-0.1, -0.05) is 19.2 Å². The van der Waals surface area contributed by atoms with Crippen molar-refractivity contribution in [2.45, 2.75) is 0 Å². The second-order valence-electron chi connectivity index (χ2n) is 3.25. The quantitative estimate of drug-likeness (QED) is 0.477. The van der Waals surface area contributed by atoms with Crippen LogP contribution in [0, 0.1) is 4.91 Å². The van der Waals surface area contributed by atoms with Crippen molar-refractivity contribution in [3.05, 3.63) is 66.0 Å². The van der Waals surface area contributed by atoms with Gasteiger partial charge in [0.1, 0.15) is 5.75 Å². The summed E-state index contributed by atoms with van der Waals surface area (Å²) in [6.07, 6.45) is 2.95. The van der Waals surface area contributed by atoms with Crippen molar-refractivity contribution >= 4 is 5.69 Å². The number of allylic oxidation sites excluding steroid dienone is 2. The van der Waals surface area contributed by atoms with Crippen molar-refractivity contribution in [1.29, 1.82) is 0 Å². The predicted molar refractivity (Wildman–Crippen MR) is 67.4 cm³/mol. The molecule has 0 aliphatic heterocycles. The molecule has 0 spiro atoms. The Labute approximate surface area is 105 Å². The summed E-state index contributed by atoms with van der Waals surface area (Å²) in [6, 6.07) is 6.19. The van der Waals surface area contributed by atoms with Crippen molar-refractivity contribution in [3.8, 4) is 5.75 Å². The summed E-state index contributed by atoms with van der Waals surface area (Å²) in [7, 11) is 1.28. The first-order chi connectivity index (χ1) is 8.58. The molecule has 0 saturated carbocycles. The molecule has 0 aliphatic rings. The minimum atomic E-state index is -0.207. The van der Waals surface area contributed by atoms with E-state index in [1.165, 1.54) is 31.4 Å². The van der Waals surface area contributed by atoms with Crippen LogP contribution in [0.1, 0.15) is 0 Å². The molecule has 5 heteroatoms. The molecule has 1 N–H and O–H groups in total. The molecule has 0 aliphatic carbocycles. The van der Waals surface area contributed by atoms with Gasteiger partial charge in [-0.15, -0.1) is 0 Å². The number of benzene rings is 1. The number of hydrogen-bond acceptors (Lipinski definition) is 4. The van der Waals surface area contributed by atoms with E-state index >= 15 is 0 Å². The lowest BCUT2D eigenvalue weighted by Gasteiger charge is -2.07. The van der Waals surface area contributed by atoms with E-state index in [0.29, 0.717) is 16.4 Å². The van der Waals surface area contributed by atoms with Crippen LogP contribution < -0.4 is 4.74 Å². The average Bonchev–Trinajstić information content (AvgIpc) is 2.38. The Morgan fingerprint density at radius 1 is 1.39 bits per heavy atom. The molecule has 18 heavy (non-hydrogen) atoms. The van der Waals surface area contributed by atoms with E-state index in [9.17, 15) is 10.0 Å². The Morgan fingerprint density at radius 3 is 2.44 bits per heavy atom. The SMILES string of the molecule is C=C/C=C(/Oc1ccc([N+](=O)OC)cc1)C(=C)O. The number of aliphatic hydroxyl groups is 1. The highest BCUT2D eigenvalue weighted by atomic mass is 16.8. The van der Waals surface area contributed by atoms with Crippen LogP contribution in [0.5, 0.6) is 5.75 Å². The summed E-state index contributed by atoms with van der Waals surface area (Å²) >= 11 is 0. The zero-order valence-electron chi connectivity index (χ0n) is 10.00. The maximum absolute atomic E-state index is 11.1. The van der Waals surface area contributed by atoms with Crippen LogP contribution >= 0.6 is 0 Å². The summed E-state index contributed by atoms with van der Waals surface area (Å²) in [4.78, 5) is 16.0. The Kier molecular flexibility index (Phi) is 4.68. The molecule has 1 aromatic carbocycles. The fraction of sp³-hybridized carbons (Fsp3) is 0.0769. The van der Waals surface area contributed by atoms with E-state index in [-0.39, 0.29) is 11.5 Å². The first kappa shape index (κ1) is 13.5. The van der Waals surface area contributed by atoms with Crippen LogP contribution in [-0.4, -0.2) is 17.1 Å². The molecule has 0 atom stereocenters. The fourth-order valence-electron chi connectivity index (χ4n) is 1.16. The van der Waals surface area contributed by atoms with Gasteiger partial charge in [-0.2, -0.15) is 0 Å². The van der Waals surface area contributed by atoms with Crippen molar-refractivity contribution < 1.29 is 19.6 Å². The minimum absolute atomic E-state index is 0.184. The van der Waals surface area contributed by atoms with Crippen LogP contribution in [-0.2, 0) is 4.84 Å². The Hall–Kier alpha value is -2.56. The zero-order chi connectivity index (χ0) is 13.5. The van der Waals surface area contributed by atoms with Gasteiger partial charge in [0.15, 0.2) is 18.6 Å². The second kappa shape index (κ2) is 6.24. The molecule has 0 saturated heterocycles. The van der Waals surface area contributed by atoms with E-state index in [1.807, 2.05) is 0 Å². The Morgan fingerprint density at radius 2 is 2.00 bits per heavy atom. The third-order valence-corrected chi connectivity index (χ3v) is 1.99. The second-order valence-corrected chi connectivity index (χ2v) is 3.25. The number of ether oxygens (including phenoxy) is 1. The monoisotopic (exact) mass is 248 g/mol. The molecule has 0 radical (unpaired) electrons. The average molecular weight is 248 g/mol. The number of aliphatic hydroxyl groups excluding tert-OH is 1. The molecule has 0 unspecified atom stereocenters. The highest BCUT2D eigenvalue weighted by Crippen LogP contribution is 2.21. The molecule has 0 amide bonds. The van der Waals surface area contributed by atoms with Gasteiger partial charge in [0.25, 0.3) is 4.92 Å². The summed E-state index contributed by atoms with van der Waals surface area (Å²) in [5.74, 6) is 0.427. The van der Waals surface area contributed by atoms with E-state index in [4.69, 9.17) is 4.74 Å². The summed E-state index contributed by atoms with van der Waals surface area (Å²) in [6.45, 7) is 6.87. The highest BCUT2D eigenvalue weighted by Gasteiger charge is 2.13. The summed E-state index contributed by atoms with van der Waals surface area (Å²) in [5, 5.41) is 9.27. The van der Waals surface area contributed by atoms with Gasteiger partial charge in [0.05, 0.1) is 4.91 Å². The summed E-state index contributed by atoms with van der Waals surface area (Å²) in [5.41, 5.74) is 0.335. The minimum Gasteiger partial charge on any atom is -0.505 e. The lowest BCUT2D eigenvalue weighted by atomic mass is 10.3. The topological polar surface area (TPSA) is 58.8 Å². The number of nitrogens with zero attached hydrogens (tertiary/aromatic N) is 1. The maximum Gasteiger partial charge on any atom is 0.317 e. The largest absolute Gasteiger partial charge is 0.505 e. The van der Waals surface area contributed by atoms with Gasteiger partial charge in [-0.25, -0.2) is 4.84 Å². The maximum atomic E-state index is 11.1. The van der Waals surface area contributed by atoms with Gasteiger partial charge < -0.3 is 9.84 Å². The highest BCUT2D eigenvalue weighted by molar-refractivity contribution is 5.37. The normalized spacial score (nSPS) is 10.6. The van der Waals surface area contributed by atoms with Crippen LogP contribution in [0.3, 0.4) is 0 Å². The van der Waals surface area contributed by atoms with Crippen molar-refractivity contribution in [2.75, 3.05) is 7.11 Å². The standard InChI is InChI=1S/C13H13NO4/c1-4-5-13(10(2)15)18-12-8-6-11(7-9-12)14(16)17-3/h4-9H,1-2H2,3H3/p+1/b13-5+. The third kappa shape index (κ3) is 3.48. The molecular weight excluding hydrogens is 234 g/mol. The van der Waals surface area contributed by atoms with Crippen LogP contribution in [0.25, 0.3) is 0 Å². The Balaban J connectivity index is 2.86. The van der Waals surface area contributed by atoms with Gasteiger partial charge >= 0.3 is 5.69 Å². The summed E-state index contributed by atoms with van der Waals surface area (Å²) < 4.78 is 5.36. The molecule has 0 bridgehead atoms. The lowest BCUT2D eigenvalue weighted by molar-refractivity contribution is -0.736. The number of rotatable bonds is 6. The smallest absolute Gasteiger partial charge is 0.317 e. The molecule has 0 fully saturated rings. The molecule has 0 heterocycles. The Bertz CT molecular complexity index is 488. The lowest BCUT2D eigenvalue weighted by Crippen LogP contribution is -1.99. The molecular formula is C13H14NO4+. The van der Waals surface area contributed by atoms with Crippen molar-refractivity contribution in [1.82, 2.24) is 0 Å². The fourth-order valence-corrected chi connectivity index (χ4v) is 1.16. The van der Waals surface area contributed by atoms with E-state index in [1.54, 1.807) is 12.1 Å². The van der Waals surface area contributed by atoms with Gasteiger partial charge in [-0.05, 0) is 18.2 Å². The first-order valence-electron chi connectivity index (χ1n) is 5.08. The van der Waals surface area contributed by atoms with Crippen molar-refractivity contribution in [3.63, 3.8) is 0 Å². The van der Waals surface area contributed by atoms with Gasteiger partial charge in [0, 0.05) is 12.1 Å². The number of hydrogen-bond donors (Lipinski definition) is 1. The zero-order valence-corrected chi connectivity index (χ0v) is 10.00. The van der Waals surface area contributed by atoms with Gasteiger partial charge in [-0.3, -0.25) is 0 Å². The molecule has 5 nitrogen and oxygen atoms in total. The predicted octanol–water partition coefficient (Wildman–Crippen LogP) is 3.18. The first-order valence-corrected chi connectivity index (χ1v) is 5.08.